The topological polar surface area (TPSA) is 101 Å². The molecule has 2 aromatic heterocycles. The number of hydrogen-bond acceptors (Lipinski definition) is 6. The highest BCUT2D eigenvalue weighted by molar-refractivity contribution is 7.89. The van der Waals surface area contributed by atoms with Crippen LogP contribution < -0.4 is 10.0 Å². The third kappa shape index (κ3) is 4.28. The molecule has 0 unspecified atom stereocenters. The fraction of sp³-hybridized carbons (Fsp3) is 0.143. The highest BCUT2D eigenvalue weighted by Crippen LogP contribution is 2.31. The molecule has 0 atom stereocenters. The first kappa shape index (κ1) is 20.3. The van der Waals surface area contributed by atoms with Crippen molar-refractivity contribution in [3.05, 3.63) is 66.4 Å². The normalized spacial score (nSPS) is 11.8. The van der Waals surface area contributed by atoms with Crippen LogP contribution in [0.2, 0.25) is 0 Å². The molecule has 154 valence electrons. The Balaban J connectivity index is 1.48. The lowest BCUT2D eigenvalue weighted by Gasteiger charge is -2.10. The van der Waals surface area contributed by atoms with Crippen molar-refractivity contribution in [1.29, 1.82) is 0 Å². The number of thiazole rings is 1. The molecule has 7 nitrogen and oxygen atoms in total. The predicted octanol–water partition coefficient (Wildman–Crippen LogP) is 4.50. The molecule has 4 rings (SSSR count). The number of aromatic nitrogens is 1. The number of anilines is 1. The van der Waals surface area contributed by atoms with Crippen LogP contribution in [0.1, 0.15) is 24.4 Å². The van der Waals surface area contributed by atoms with Crippen LogP contribution in [-0.2, 0) is 10.0 Å². The number of carbonyl (C=O) groups excluding carboxylic acids is 1. The summed E-state index contributed by atoms with van der Waals surface area (Å²) in [5.74, 6) is 0.225. The van der Waals surface area contributed by atoms with Crippen molar-refractivity contribution in [3.63, 3.8) is 0 Å². The first-order valence-corrected chi connectivity index (χ1v) is 11.5. The number of amides is 1. The molecular weight excluding hydrogens is 422 g/mol. The smallest absolute Gasteiger partial charge is 0.291 e. The average molecular weight is 442 g/mol. The Hall–Kier alpha value is -3.01. The monoisotopic (exact) mass is 441 g/mol. The van der Waals surface area contributed by atoms with Crippen LogP contribution in [0.3, 0.4) is 0 Å². The minimum absolute atomic E-state index is 0.130. The quantitative estimate of drug-likeness (QED) is 0.459. The summed E-state index contributed by atoms with van der Waals surface area (Å²) in [6.07, 6.45) is 0. The number of nitrogens with one attached hydrogen (secondary N) is 2. The molecule has 2 aromatic carbocycles. The molecule has 0 radical (unpaired) electrons. The van der Waals surface area contributed by atoms with Gasteiger partial charge in [-0.05, 0) is 62.4 Å². The Morgan fingerprint density at radius 3 is 2.47 bits per heavy atom. The molecule has 0 bridgehead atoms. The number of rotatable bonds is 6. The second-order valence-electron chi connectivity index (χ2n) is 6.91. The summed E-state index contributed by atoms with van der Waals surface area (Å²) >= 11 is 1.49. The summed E-state index contributed by atoms with van der Waals surface area (Å²) in [5, 5.41) is 3.40. The van der Waals surface area contributed by atoms with Gasteiger partial charge in [0.1, 0.15) is 0 Å². The van der Waals surface area contributed by atoms with Crippen LogP contribution >= 0.6 is 11.3 Å². The Labute approximate surface area is 177 Å². The van der Waals surface area contributed by atoms with E-state index in [2.05, 4.69) is 15.0 Å². The van der Waals surface area contributed by atoms with Crippen LogP contribution in [0.4, 0.5) is 5.69 Å². The maximum absolute atomic E-state index is 12.5. The third-order valence-corrected chi connectivity index (χ3v) is 6.87. The first-order valence-electron chi connectivity index (χ1n) is 9.21. The van der Waals surface area contributed by atoms with Gasteiger partial charge in [0.25, 0.3) is 5.91 Å². The van der Waals surface area contributed by atoms with Gasteiger partial charge in [0.15, 0.2) is 16.5 Å². The molecule has 0 fully saturated rings. The molecule has 9 heteroatoms. The van der Waals surface area contributed by atoms with Gasteiger partial charge in [-0.25, -0.2) is 18.1 Å². The summed E-state index contributed by atoms with van der Waals surface area (Å²) in [4.78, 5) is 17.2. The van der Waals surface area contributed by atoms with Crippen molar-refractivity contribution in [1.82, 2.24) is 9.71 Å². The molecule has 2 N–H and O–H groups in total. The van der Waals surface area contributed by atoms with E-state index < -0.39 is 15.9 Å². The molecule has 30 heavy (non-hydrogen) atoms. The van der Waals surface area contributed by atoms with Crippen molar-refractivity contribution < 1.29 is 17.6 Å². The van der Waals surface area contributed by atoms with E-state index in [0.717, 1.165) is 10.2 Å². The predicted molar refractivity (Wildman–Crippen MR) is 117 cm³/mol. The molecular formula is C21H19N3O4S2. The minimum atomic E-state index is -3.58. The Morgan fingerprint density at radius 1 is 1.03 bits per heavy atom. The van der Waals surface area contributed by atoms with Crippen molar-refractivity contribution in [2.75, 3.05) is 5.32 Å². The molecule has 4 aromatic rings. The maximum atomic E-state index is 12.5. The zero-order valence-electron chi connectivity index (χ0n) is 16.2. The van der Waals surface area contributed by atoms with Gasteiger partial charge in [-0.15, -0.1) is 11.3 Å². The van der Waals surface area contributed by atoms with Crippen LogP contribution in [0.5, 0.6) is 0 Å². The Morgan fingerprint density at radius 2 is 1.77 bits per heavy atom. The summed E-state index contributed by atoms with van der Waals surface area (Å²) < 4.78 is 33.6. The van der Waals surface area contributed by atoms with E-state index in [-0.39, 0.29) is 16.7 Å². The number of sulfonamides is 1. The van der Waals surface area contributed by atoms with Gasteiger partial charge in [-0.3, -0.25) is 4.79 Å². The zero-order chi connectivity index (χ0) is 21.3. The number of fused-ring (bicyclic) bond motifs is 1. The van der Waals surface area contributed by atoms with E-state index in [4.69, 9.17) is 4.42 Å². The Kier molecular flexibility index (Phi) is 5.42. The second kappa shape index (κ2) is 8.02. The Bertz CT molecular complexity index is 1270. The maximum Gasteiger partial charge on any atom is 0.291 e. The highest BCUT2D eigenvalue weighted by Gasteiger charge is 2.17. The van der Waals surface area contributed by atoms with Gasteiger partial charge in [-0.1, -0.05) is 12.1 Å². The van der Waals surface area contributed by atoms with Gasteiger partial charge >= 0.3 is 0 Å². The number of hydrogen-bond donors (Lipinski definition) is 2. The first-order chi connectivity index (χ1) is 14.3. The van der Waals surface area contributed by atoms with Crippen LogP contribution in [0.15, 0.2) is 70.0 Å². The molecule has 1 amide bonds. The minimum Gasteiger partial charge on any atom is -0.448 e. The molecule has 2 heterocycles. The lowest BCUT2D eigenvalue weighted by molar-refractivity contribution is 0.0997. The SMILES string of the molecule is CC(C)NS(=O)(=O)c1ccc(NC(=O)c2ccc(-c3nc4ccccc4s3)o2)cc1. The van der Waals surface area contributed by atoms with E-state index in [0.29, 0.717) is 16.5 Å². The fourth-order valence-electron chi connectivity index (χ4n) is 2.84. The highest BCUT2D eigenvalue weighted by atomic mass is 32.2. The van der Waals surface area contributed by atoms with Gasteiger partial charge < -0.3 is 9.73 Å². The molecule has 0 saturated heterocycles. The largest absolute Gasteiger partial charge is 0.448 e. The van der Waals surface area contributed by atoms with Crippen LogP contribution in [0, 0.1) is 0 Å². The van der Waals surface area contributed by atoms with E-state index in [1.165, 1.54) is 35.6 Å². The average Bonchev–Trinajstić information content (AvgIpc) is 3.34. The van der Waals surface area contributed by atoms with E-state index in [1.807, 2.05) is 24.3 Å². The molecule has 0 saturated carbocycles. The van der Waals surface area contributed by atoms with E-state index in [9.17, 15) is 13.2 Å². The lowest BCUT2D eigenvalue weighted by Crippen LogP contribution is -2.30. The molecule has 0 spiro atoms. The van der Waals surface area contributed by atoms with E-state index >= 15 is 0 Å². The van der Waals surface area contributed by atoms with Gasteiger partial charge in [0, 0.05) is 11.7 Å². The number of benzene rings is 2. The van der Waals surface area contributed by atoms with Crippen molar-refractivity contribution in [3.8, 4) is 10.8 Å². The van der Waals surface area contributed by atoms with E-state index in [1.54, 1.807) is 26.0 Å². The number of furan rings is 1. The number of nitrogens with zero attached hydrogens (tertiary/aromatic N) is 1. The van der Waals surface area contributed by atoms with Gasteiger partial charge in [0.05, 0.1) is 15.1 Å². The van der Waals surface area contributed by atoms with Crippen molar-refractivity contribution in [2.45, 2.75) is 24.8 Å². The standard InChI is InChI=1S/C21H19N3O4S2/c1-13(2)24-30(26,27)15-9-7-14(8-10-15)22-20(25)17-11-12-18(28-17)21-23-16-5-3-4-6-19(16)29-21/h3-13,24H,1-2H3,(H,22,25). The summed E-state index contributed by atoms with van der Waals surface area (Å²) in [6, 6.07) is 16.8. The lowest BCUT2D eigenvalue weighted by atomic mass is 10.3. The molecule has 0 aliphatic rings. The van der Waals surface area contributed by atoms with Crippen molar-refractivity contribution >= 4 is 43.2 Å². The van der Waals surface area contributed by atoms with Crippen molar-refractivity contribution in [2.24, 2.45) is 0 Å². The number of para-hydroxylation sites is 1. The molecule has 0 aliphatic heterocycles. The summed E-state index contributed by atoms with van der Waals surface area (Å²) in [7, 11) is -3.58. The fourth-order valence-corrected chi connectivity index (χ4v) is 5.02. The third-order valence-electron chi connectivity index (χ3n) is 4.15. The zero-order valence-corrected chi connectivity index (χ0v) is 17.9. The van der Waals surface area contributed by atoms with Crippen LogP contribution in [0.25, 0.3) is 21.0 Å². The summed E-state index contributed by atoms with van der Waals surface area (Å²) in [6.45, 7) is 3.50. The van der Waals surface area contributed by atoms with Gasteiger partial charge in [0.2, 0.25) is 10.0 Å². The molecule has 0 aliphatic carbocycles. The van der Waals surface area contributed by atoms with Crippen LogP contribution in [-0.4, -0.2) is 25.4 Å². The number of carbonyl (C=O) groups is 1. The second-order valence-corrected chi connectivity index (χ2v) is 9.65. The summed E-state index contributed by atoms with van der Waals surface area (Å²) in [5.41, 5.74) is 1.34. The van der Waals surface area contributed by atoms with Gasteiger partial charge in [-0.2, -0.15) is 0 Å².